The highest BCUT2D eigenvalue weighted by molar-refractivity contribution is 7.85. The van der Waals surface area contributed by atoms with Gasteiger partial charge in [0.15, 0.2) is 0 Å². The molecular weight excluding hydrogens is 423 g/mol. The van der Waals surface area contributed by atoms with Crippen molar-refractivity contribution in [3.05, 3.63) is 66.0 Å². The normalized spacial score (nSPS) is 13.5. The molecule has 0 aliphatic heterocycles. The van der Waals surface area contributed by atoms with Crippen molar-refractivity contribution in [2.24, 2.45) is 0 Å². The molecule has 166 valence electrons. The predicted molar refractivity (Wildman–Crippen MR) is 114 cm³/mol. The monoisotopic (exact) mass is 448 g/mol. The van der Waals surface area contributed by atoms with E-state index in [1.54, 1.807) is 36.4 Å². The van der Waals surface area contributed by atoms with E-state index in [9.17, 15) is 23.0 Å². The molecule has 3 atom stereocenters. The third-order valence-electron chi connectivity index (χ3n) is 4.42. The highest BCUT2D eigenvalue weighted by Gasteiger charge is 2.27. The number of carbonyl (C=O) groups excluding carboxylic acids is 3. The van der Waals surface area contributed by atoms with Gasteiger partial charge < -0.3 is 15.4 Å². The molecule has 0 radical (unpaired) electrons. The number of amides is 2. The minimum atomic E-state index is -1.36. The van der Waals surface area contributed by atoms with Crippen LogP contribution < -0.4 is 10.6 Å². The van der Waals surface area contributed by atoms with Gasteiger partial charge in [0.25, 0.3) is 0 Å². The van der Waals surface area contributed by atoms with Gasteiger partial charge in [0.05, 0.1) is 17.9 Å². The number of carbonyl (C=O) groups is 3. The van der Waals surface area contributed by atoms with E-state index >= 15 is 0 Å². The average Bonchev–Trinajstić information content (AvgIpc) is 2.75. The van der Waals surface area contributed by atoms with E-state index in [1.165, 1.54) is 32.2 Å². The summed E-state index contributed by atoms with van der Waals surface area (Å²) in [6.45, 7) is 1.26. The van der Waals surface area contributed by atoms with Crippen LogP contribution in [0.1, 0.15) is 18.9 Å². The van der Waals surface area contributed by atoms with Crippen molar-refractivity contribution in [1.82, 2.24) is 10.6 Å². The molecule has 2 aromatic rings. The lowest BCUT2D eigenvalue weighted by atomic mass is 10.0. The minimum Gasteiger partial charge on any atom is -0.467 e. The second-order valence-corrected chi connectivity index (χ2v) is 8.39. The van der Waals surface area contributed by atoms with E-state index in [-0.39, 0.29) is 18.6 Å². The van der Waals surface area contributed by atoms with Gasteiger partial charge in [0, 0.05) is 24.0 Å². The summed E-state index contributed by atoms with van der Waals surface area (Å²) < 4.78 is 30.7. The van der Waals surface area contributed by atoms with E-state index in [0.29, 0.717) is 10.5 Å². The Hall–Kier alpha value is -3.07. The van der Waals surface area contributed by atoms with Crippen LogP contribution in [0, 0.1) is 5.82 Å². The van der Waals surface area contributed by atoms with E-state index in [4.69, 9.17) is 4.74 Å². The topological polar surface area (TPSA) is 102 Å². The summed E-state index contributed by atoms with van der Waals surface area (Å²) in [5.41, 5.74) is 0.508. The second-order valence-electron chi connectivity index (χ2n) is 6.82. The summed E-state index contributed by atoms with van der Waals surface area (Å²) in [4.78, 5) is 37.2. The zero-order valence-electron chi connectivity index (χ0n) is 17.3. The molecule has 7 nitrogen and oxygen atoms in total. The molecule has 2 N–H and O–H groups in total. The van der Waals surface area contributed by atoms with Crippen LogP contribution in [0.2, 0.25) is 0 Å². The molecule has 2 amide bonds. The smallest absolute Gasteiger partial charge is 0.328 e. The Bertz CT molecular complexity index is 939. The summed E-state index contributed by atoms with van der Waals surface area (Å²) in [5, 5.41) is 5.07. The number of esters is 1. The number of nitrogens with one attached hydrogen (secondary N) is 2. The van der Waals surface area contributed by atoms with Gasteiger partial charge in [0.2, 0.25) is 11.8 Å². The lowest BCUT2D eigenvalue weighted by Gasteiger charge is -2.22. The highest BCUT2D eigenvalue weighted by Crippen LogP contribution is 2.10. The van der Waals surface area contributed by atoms with Crippen molar-refractivity contribution in [3.8, 4) is 0 Å². The predicted octanol–water partition coefficient (Wildman–Crippen LogP) is 1.73. The lowest BCUT2D eigenvalue weighted by molar-refractivity contribution is -0.145. The molecule has 0 saturated heterocycles. The van der Waals surface area contributed by atoms with Crippen molar-refractivity contribution in [3.63, 3.8) is 0 Å². The van der Waals surface area contributed by atoms with Gasteiger partial charge in [-0.05, 0) is 36.2 Å². The van der Waals surface area contributed by atoms with Crippen molar-refractivity contribution in [2.75, 3.05) is 12.9 Å². The van der Waals surface area contributed by atoms with Gasteiger partial charge in [-0.2, -0.15) is 0 Å². The molecule has 0 heterocycles. The van der Waals surface area contributed by atoms with E-state index in [0.717, 1.165) is 0 Å². The number of hydrogen-bond acceptors (Lipinski definition) is 5. The van der Waals surface area contributed by atoms with Crippen molar-refractivity contribution in [1.29, 1.82) is 0 Å². The first-order valence-corrected chi connectivity index (χ1v) is 10.9. The molecule has 0 spiro atoms. The summed E-state index contributed by atoms with van der Waals surface area (Å²) in [5.74, 6) is -2.10. The van der Waals surface area contributed by atoms with E-state index in [1.807, 2.05) is 0 Å². The fourth-order valence-corrected chi connectivity index (χ4v) is 4.08. The van der Waals surface area contributed by atoms with Crippen LogP contribution in [0.5, 0.6) is 0 Å². The first-order chi connectivity index (χ1) is 14.8. The number of rotatable bonds is 10. The molecule has 31 heavy (non-hydrogen) atoms. The van der Waals surface area contributed by atoms with E-state index in [2.05, 4.69) is 10.6 Å². The number of benzene rings is 2. The van der Waals surface area contributed by atoms with Gasteiger partial charge in [-0.15, -0.1) is 0 Å². The van der Waals surface area contributed by atoms with Gasteiger partial charge in [-0.3, -0.25) is 13.8 Å². The number of methoxy groups -OCH3 is 1. The van der Waals surface area contributed by atoms with Crippen molar-refractivity contribution >= 4 is 28.6 Å². The molecule has 2 rings (SSSR count). The molecule has 0 aliphatic rings. The van der Waals surface area contributed by atoms with Crippen molar-refractivity contribution in [2.45, 2.75) is 36.7 Å². The maximum Gasteiger partial charge on any atom is 0.328 e. The van der Waals surface area contributed by atoms with Crippen LogP contribution in [-0.4, -0.2) is 46.9 Å². The summed E-state index contributed by atoms with van der Waals surface area (Å²) in [6, 6.07) is 12.4. The molecule has 9 heteroatoms. The van der Waals surface area contributed by atoms with Gasteiger partial charge in [0.1, 0.15) is 17.9 Å². The van der Waals surface area contributed by atoms with Gasteiger partial charge in [-0.25, -0.2) is 9.18 Å². The Balaban J connectivity index is 2.08. The molecule has 0 fully saturated rings. The van der Waals surface area contributed by atoms with Gasteiger partial charge in [-0.1, -0.05) is 30.3 Å². The molecule has 0 bridgehead atoms. The van der Waals surface area contributed by atoms with Crippen LogP contribution in [0.25, 0.3) is 0 Å². The molecule has 0 aliphatic carbocycles. The minimum absolute atomic E-state index is 0.0347. The fraction of sp³-hybridized carbons (Fsp3) is 0.318. The van der Waals surface area contributed by atoms with Crippen LogP contribution in [0.3, 0.4) is 0 Å². The molecule has 0 saturated carbocycles. The standard InChI is InChI=1S/C22H25FN2O5S/c1-15(26)24-20(14-16-7-6-8-17(23)13-16)21(27)25-19(22(28)30-2)11-12-31(29)18-9-4-3-5-10-18/h3-10,13,19-20H,11-12,14H2,1-2H3,(H,24,26)(H,25,27)/t19-,20+,31-/m1/s1. The Morgan fingerprint density at radius 2 is 1.74 bits per heavy atom. The highest BCUT2D eigenvalue weighted by atomic mass is 32.2. The third kappa shape index (κ3) is 7.93. The maximum absolute atomic E-state index is 13.5. The lowest BCUT2D eigenvalue weighted by Crippen LogP contribution is -2.52. The Morgan fingerprint density at radius 3 is 2.35 bits per heavy atom. The number of hydrogen-bond donors (Lipinski definition) is 2. The molecule has 0 aromatic heterocycles. The summed E-state index contributed by atoms with van der Waals surface area (Å²) in [6.07, 6.45) is 0.111. The number of halogens is 1. The van der Waals surface area contributed by atoms with Crippen molar-refractivity contribution < 1.29 is 27.7 Å². The Kier molecular flexibility index (Phi) is 9.33. The third-order valence-corrected chi connectivity index (χ3v) is 5.83. The van der Waals surface area contributed by atoms with Crippen LogP contribution >= 0.6 is 0 Å². The first-order valence-electron chi connectivity index (χ1n) is 9.63. The van der Waals surface area contributed by atoms with Crippen LogP contribution in [0.15, 0.2) is 59.5 Å². The first kappa shape index (κ1) is 24.2. The fourth-order valence-electron chi connectivity index (χ4n) is 2.93. The Labute approximate surface area is 182 Å². The second kappa shape index (κ2) is 11.9. The zero-order chi connectivity index (χ0) is 22.8. The summed E-state index contributed by atoms with van der Waals surface area (Å²) in [7, 11) is -0.174. The average molecular weight is 449 g/mol. The Morgan fingerprint density at radius 1 is 1.03 bits per heavy atom. The molecular formula is C22H25FN2O5S. The summed E-state index contributed by atoms with van der Waals surface area (Å²) >= 11 is 0. The van der Waals surface area contributed by atoms with Gasteiger partial charge >= 0.3 is 5.97 Å². The number of ether oxygens (including phenoxy) is 1. The zero-order valence-corrected chi connectivity index (χ0v) is 18.1. The van der Waals surface area contributed by atoms with E-state index < -0.39 is 46.5 Å². The quantitative estimate of drug-likeness (QED) is 0.539. The molecule has 0 unspecified atom stereocenters. The molecule has 2 aromatic carbocycles. The SMILES string of the molecule is COC(=O)[C@@H](CC[S@@](=O)c1ccccc1)NC(=O)[C@H](Cc1cccc(F)c1)NC(C)=O. The van der Waals surface area contributed by atoms with Crippen LogP contribution in [-0.2, 0) is 36.3 Å². The largest absolute Gasteiger partial charge is 0.467 e. The van der Waals surface area contributed by atoms with Crippen LogP contribution in [0.4, 0.5) is 4.39 Å². The maximum atomic E-state index is 13.5.